The monoisotopic (exact) mass is 567 g/mol. The number of sulfonamides is 1. The number of hydrogen-bond donors (Lipinski definition) is 1. The van der Waals surface area contributed by atoms with Gasteiger partial charge in [-0.3, -0.25) is 13.9 Å². The third-order valence-corrected chi connectivity index (χ3v) is 6.90. The zero-order valence-electron chi connectivity index (χ0n) is 20.8. The number of anilines is 1. The van der Waals surface area contributed by atoms with Crippen LogP contribution in [0.4, 0.5) is 5.69 Å². The molecule has 35 heavy (non-hydrogen) atoms. The smallest absolute Gasteiger partial charge is 0.244 e. The third-order valence-electron chi connectivity index (χ3n) is 5.23. The van der Waals surface area contributed by atoms with E-state index in [1.165, 1.54) is 4.90 Å². The maximum Gasteiger partial charge on any atom is 0.244 e. The first-order valence-electron chi connectivity index (χ1n) is 11.4. The molecule has 0 fully saturated rings. The number of carbonyl (C=O) groups is 2. The van der Waals surface area contributed by atoms with Crippen molar-refractivity contribution in [3.8, 4) is 5.75 Å². The second-order valence-corrected chi connectivity index (χ2v) is 11.5. The van der Waals surface area contributed by atoms with Crippen LogP contribution in [0.2, 0.25) is 0 Å². The number of ether oxygens (including phenoxy) is 1. The summed E-state index contributed by atoms with van der Waals surface area (Å²) in [6.45, 7) is 8.14. The molecule has 0 spiro atoms. The lowest BCUT2D eigenvalue weighted by molar-refractivity contribution is -0.139. The fourth-order valence-corrected chi connectivity index (χ4v) is 4.42. The summed E-state index contributed by atoms with van der Waals surface area (Å²) >= 11 is 3.40. The molecule has 0 saturated carbocycles. The van der Waals surface area contributed by atoms with Crippen LogP contribution in [0.5, 0.6) is 5.75 Å². The van der Waals surface area contributed by atoms with E-state index in [0.29, 0.717) is 24.6 Å². The Bertz CT molecular complexity index is 1090. The van der Waals surface area contributed by atoms with E-state index in [1.807, 2.05) is 45.0 Å². The number of amides is 2. The maximum atomic E-state index is 13.5. The molecule has 10 heteroatoms. The van der Waals surface area contributed by atoms with Gasteiger partial charge in [-0.15, -0.1) is 0 Å². The Morgan fingerprint density at radius 2 is 1.63 bits per heavy atom. The van der Waals surface area contributed by atoms with E-state index in [0.717, 1.165) is 20.6 Å². The molecule has 0 bridgehead atoms. The molecule has 0 heterocycles. The molecule has 0 unspecified atom stereocenters. The fraction of sp³-hybridized carbons (Fsp3) is 0.440. The Morgan fingerprint density at radius 3 is 2.14 bits per heavy atom. The van der Waals surface area contributed by atoms with E-state index in [4.69, 9.17) is 4.74 Å². The molecule has 2 aromatic rings. The number of nitrogens with zero attached hydrogens (tertiary/aromatic N) is 2. The summed E-state index contributed by atoms with van der Waals surface area (Å²) in [6, 6.07) is 13.1. The molecule has 0 aliphatic rings. The van der Waals surface area contributed by atoms with Gasteiger partial charge in [-0.1, -0.05) is 41.9 Å². The summed E-state index contributed by atoms with van der Waals surface area (Å²) in [4.78, 5) is 27.7. The van der Waals surface area contributed by atoms with E-state index in [-0.39, 0.29) is 18.4 Å². The van der Waals surface area contributed by atoms with E-state index in [1.54, 1.807) is 31.2 Å². The van der Waals surface area contributed by atoms with Crippen LogP contribution in [-0.2, 0) is 26.2 Å². The standard InChI is InChI=1S/C25H34BrN3O5S/c1-6-34-23-13-11-22(12-14-23)29(35(5,32)33)17-24(30)28(16-20-7-9-21(26)10-8-20)19(4)25(31)27-15-18(2)3/h7-14,18-19H,6,15-17H2,1-5H3,(H,27,31)/t19-/m1/s1. The number of benzene rings is 2. The molecule has 1 N–H and O–H groups in total. The van der Waals surface area contributed by atoms with Crippen molar-refractivity contribution in [3.05, 3.63) is 58.6 Å². The quantitative estimate of drug-likeness (QED) is 0.420. The van der Waals surface area contributed by atoms with Gasteiger partial charge in [0.05, 0.1) is 18.6 Å². The largest absolute Gasteiger partial charge is 0.494 e. The van der Waals surface area contributed by atoms with E-state index in [2.05, 4.69) is 21.2 Å². The molecule has 0 aliphatic carbocycles. The molecule has 2 rings (SSSR count). The number of rotatable bonds is 12. The first-order chi connectivity index (χ1) is 16.4. The third kappa shape index (κ3) is 8.85. The molecule has 192 valence electrons. The Balaban J connectivity index is 2.33. The van der Waals surface area contributed by atoms with Crippen LogP contribution < -0.4 is 14.4 Å². The molecule has 0 aromatic heterocycles. The summed E-state index contributed by atoms with van der Waals surface area (Å²) in [7, 11) is -3.78. The van der Waals surface area contributed by atoms with Crippen molar-refractivity contribution in [2.45, 2.75) is 40.3 Å². The lowest BCUT2D eigenvalue weighted by Gasteiger charge is -2.31. The Labute approximate surface area is 216 Å². The number of carbonyl (C=O) groups excluding carboxylic acids is 2. The van der Waals surface area contributed by atoms with Gasteiger partial charge in [0.25, 0.3) is 0 Å². The predicted molar refractivity (Wildman–Crippen MR) is 142 cm³/mol. The Kier molecular flexibility index (Phi) is 10.6. The van der Waals surface area contributed by atoms with Gasteiger partial charge in [0.1, 0.15) is 18.3 Å². The normalized spacial score (nSPS) is 12.2. The van der Waals surface area contributed by atoms with Crippen molar-refractivity contribution in [2.24, 2.45) is 5.92 Å². The average Bonchev–Trinajstić information content (AvgIpc) is 2.80. The van der Waals surface area contributed by atoms with Crippen LogP contribution >= 0.6 is 15.9 Å². The minimum absolute atomic E-state index is 0.156. The van der Waals surface area contributed by atoms with E-state index in [9.17, 15) is 18.0 Å². The molecule has 2 aromatic carbocycles. The van der Waals surface area contributed by atoms with Gasteiger partial charge in [0, 0.05) is 17.6 Å². The second-order valence-electron chi connectivity index (χ2n) is 8.66. The highest BCUT2D eigenvalue weighted by molar-refractivity contribution is 9.10. The number of halogens is 1. The molecule has 1 atom stereocenters. The maximum absolute atomic E-state index is 13.5. The van der Waals surface area contributed by atoms with Crippen molar-refractivity contribution in [3.63, 3.8) is 0 Å². The summed E-state index contributed by atoms with van der Waals surface area (Å²) in [5.41, 5.74) is 1.15. The molecular weight excluding hydrogens is 534 g/mol. The van der Waals surface area contributed by atoms with Crippen LogP contribution in [0, 0.1) is 5.92 Å². The van der Waals surface area contributed by atoms with Crippen molar-refractivity contribution < 1.29 is 22.7 Å². The highest BCUT2D eigenvalue weighted by Gasteiger charge is 2.30. The van der Waals surface area contributed by atoms with Gasteiger partial charge in [-0.2, -0.15) is 0 Å². The van der Waals surface area contributed by atoms with E-state index < -0.39 is 28.5 Å². The minimum atomic E-state index is -3.78. The lowest BCUT2D eigenvalue weighted by atomic mass is 10.1. The summed E-state index contributed by atoms with van der Waals surface area (Å²) < 4.78 is 32.6. The highest BCUT2D eigenvalue weighted by atomic mass is 79.9. The van der Waals surface area contributed by atoms with Gasteiger partial charge in [0.15, 0.2) is 0 Å². The molecule has 0 aliphatic heterocycles. The summed E-state index contributed by atoms with van der Waals surface area (Å²) in [5.74, 6) is 0.0704. The van der Waals surface area contributed by atoms with Crippen LogP contribution in [0.15, 0.2) is 53.0 Å². The van der Waals surface area contributed by atoms with E-state index >= 15 is 0 Å². The average molecular weight is 569 g/mol. The van der Waals surface area contributed by atoms with Crippen molar-refractivity contribution in [2.75, 3.05) is 30.3 Å². The first-order valence-corrected chi connectivity index (χ1v) is 14.1. The molecule has 0 radical (unpaired) electrons. The van der Waals surface area contributed by atoms with Gasteiger partial charge in [0.2, 0.25) is 21.8 Å². The van der Waals surface area contributed by atoms with Crippen molar-refractivity contribution in [1.82, 2.24) is 10.2 Å². The zero-order chi connectivity index (χ0) is 26.2. The summed E-state index contributed by atoms with van der Waals surface area (Å²) in [6.07, 6.45) is 1.05. The first kappa shape index (κ1) is 28.6. The van der Waals surface area contributed by atoms with Crippen LogP contribution in [-0.4, -0.2) is 57.1 Å². The number of hydrogen-bond acceptors (Lipinski definition) is 5. The molecule has 0 saturated heterocycles. The fourth-order valence-electron chi connectivity index (χ4n) is 3.31. The number of nitrogens with one attached hydrogen (secondary N) is 1. The highest BCUT2D eigenvalue weighted by Crippen LogP contribution is 2.23. The topological polar surface area (TPSA) is 96.0 Å². The summed E-state index contributed by atoms with van der Waals surface area (Å²) in [5, 5.41) is 2.86. The SMILES string of the molecule is CCOc1ccc(N(CC(=O)N(Cc2ccc(Br)cc2)[C@H](C)C(=O)NCC(C)C)S(C)(=O)=O)cc1. The van der Waals surface area contributed by atoms with Gasteiger partial charge < -0.3 is 15.0 Å². The predicted octanol–water partition coefficient (Wildman–Crippen LogP) is 3.80. The van der Waals surface area contributed by atoms with Crippen molar-refractivity contribution in [1.29, 1.82) is 0 Å². The van der Waals surface area contributed by atoms with Gasteiger partial charge in [-0.25, -0.2) is 8.42 Å². The van der Waals surface area contributed by atoms with Crippen molar-refractivity contribution >= 4 is 43.5 Å². The molecule has 2 amide bonds. The molecular formula is C25H34BrN3O5S. The van der Waals surface area contributed by atoms with Gasteiger partial charge >= 0.3 is 0 Å². The Morgan fingerprint density at radius 1 is 1.03 bits per heavy atom. The lowest BCUT2D eigenvalue weighted by Crippen LogP contribution is -2.51. The molecule has 8 nitrogen and oxygen atoms in total. The van der Waals surface area contributed by atoms with Crippen LogP contribution in [0.25, 0.3) is 0 Å². The zero-order valence-corrected chi connectivity index (χ0v) is 23.2. The Hall–Kier alpha value is -2.59. The van der Waals surface area contributed by atoms with Crippen LogP contribution in [0.3, 0.4) is 0 Å². The van der Waals surface area contributed by atoms with Gasteiger partial charge in [-0.05, 0) is 61.7 Å². The minimum Gasteiger partial charge on any atom is -0.494 e. The van der Waals surface area contributed by atoms with Crippen LogP contribution in [0.1, 0.15) is 33.3 Å². The second kappa shape index (κ2) is 12.9.